The van der Waals surface area contributed by atoms with E-state index in [1.54, 1.807) is 37.3 Å². The van der Waals surface area contributed by atoms with Gasteiger partial charge in [-0.3, -0.25) is 14.9 Å². The Hall–Kier alpha value is -4.44. The van der Waals surface area contributed by atoms with Gasteiger partial charge in [0.25, 0.3) is 5.69 Å². The van der Waals surface area contributed by atoms with E-state index in [0.717, 1.165) is 5.56 Å². The van der Waals surface area contributed by atoms with Crippen LogP contribution in [0.5, 0.6) is 11.5 Å². The highest BCUT2D eigenvalue weighted by Gasteiger charge is 2.43. The molecule has 10 heteroatoms. The zero-order chi connectivity index (χ0) is 28.6. The number of nitro benzene ring substituents is 1. The number of hydrogen-bond donors (Lipinski definition) is 1. The Balaban J connectivity index is 1.59. The first-order valence-electron chi connectivity index (χ1n) is 12.5. The van der Waals surface area contributed by atoms with E-state index in [0.29, 0.717) is 61.8 Å². The van der Waals surface area contributed by atoms with Crippen LogP contribution in [0.2, 0.25) is 0 Å². The molecular weight excluding hydrogens is 580 g/mol. The van der Waals surface area contributed by atoms with Crippen molar-refractivity contribution in [2.75, 3.05) is 13.7 Å². The Morgan fingerprint density at radius 3 is 2.48 bits per heavy atom. The number of ether oxygens (including phenoxy) is 3. The first-order valence-corrected chi connectivity index (χ1v) is 13.3. The maximum Gasteiger partial charge on any atom is 0.336 e. The fourth-order valence-corrected chi connectivity index (χ4v) is 5.65. The molecule has 0 aromatic heterocycles. The second-order valence-corrected chi connectivity index (χ2v) is 10.1. The van der Waals surface area contributed by atoms with Gasteiger partial charge in [-0.2, -0.15) is 0 Å². The van der Waals surface area contributed by atoms with E-state index < -0.39 is 16.8 Å². The lowest BCUT2D eigenvalue weighted by molar-refractivity contribution is -0.384. The van der Waals surface area contributed by atoms with Gasteiger partial charge in [-0.15, -0.1) is 0 Å². The largest absolute Gasteiger partial charge is 0.490 e. The SMILES string of the molecule is CCOc1cc([C@H]2C(C(=O)OC)=C(C)NC3=C2C(=O)c2ccccc23)c(Br)cc1OCc1cccc([N+](=O)[O-])c1. The number of fused-ring (bicyclic) bond motifs is 2. The third kappa shape index (κ3) is 4.75. The molecule has 0 spiro atoms. The Morgan fingerprint density at radius 1 is 1.05 bits per heavy atom. The summed E-state index contributed by atoms with van der Waals surface area (Å²) in [7, 11) is 1.31. The highest BCUT2D eigenvalue weighted by atomic mass is 79.9. The third-order valence-electron chi connectivity index (χ3n) is 6.84. The summed E-state index contributed by atoms with van der Waals surface area (Å²) in [6.07, 6.45) is 0. The fraction of sp³-hybridized carbons (Fsp3) is 0.200. The zero-order valence-electron chi connectivity index (χ0n) is 21.9. The van der Waals surface area contributed by atoms with Crippen LogP contribution in [0.4, 0.5) is 5.69 Å². The zero-order valence-corrected chi connectivity index (χ0v) is 23.5. The summed E-state index contributed by atoms with van der Waals surface area (Å²) < 4.78 is 17.7. The molecule has 9 nitrogen and oxygen atoms in total. The molecular formula is C30H25BrN2O7. The summed E-state index contributed by atoms with van der Waals surface area (Å²) in [6.45, 7) is 4.01. The van der Waals surface area contributed by atoms with Crippen molar-refractivity contribution in [1.82, 2.24) is 5.32 Å². The number of benzene rings is 3. The molecule has 0 amide bonds. The van der Waals surface area contributed by atoms with Crippen molar-refractivity contribution < 1.29 is 28.7 Å². The van der Waals surface area contributed by atoms with E-state index in [2.05, 4.69) is 21.2 Å². The standard InChI is InChI=1S/C30H25BrN2O7/c1-4-39-23-13-21(22(31)14-24(23)40-15-17-8-7-9-18(12-17)33(36)37)26-25(30(35)38-3)16(2)32-28-19-10-5-6-11-20(19)29(34)27(26)28/h5-14,26,32H,4,15H2,1-3H3/t26-/m0/s1. The summed E-state index contributed by atoms with van der Waals surface area (Å²) in [5, 5.41) is 14.4. The number of carbonyl (C=O) groups is 2. The van der Waals surface area contributed by atoms with Crippen LogP contribution in [0, 0.1) is 10.1 Å². The van der Waals surface area contributed by atoms with E-state index in [1.807, 2.05) is 25.1 Å². The van der Waals surface area contributed by atoms with Crippen LogP contribution in [0.3, 0.4) is 0 Å². The normalized spacial score (nSPS) is 15.8. The van der Waals surface area contributed by atoms with Gasteiger partial charge in [-0.05, 0) is 37.1 Å². The molecule has 40 heavy (non-hydrogen) atoms. The quantitative estimate of drug-likeness (QED) is 0.187. The number of Topliss-reactive ketones (excluding diaryl/α,β-unsaturated/α-hetero) is 1. The van der Waals surface area contributed by atoms with Gasteiger partial charge in [-0.1, -0.05) is 52.3 Å². The van der Waals surface area contributed by atoms with Crippen molar-refractivity contribution in [2.24, 2.45) is 0 Å². The second kappa shape index (κ2) is 11.0. The van der Waals surface area contributed by atoms with E-state index in [1.165, 1.54) is 19.2 Å². The molecule has 1 atom stereocenters. The number of esters is 1. The van der Waals surface area contributed by atoms with Crippen molar-refractivity contribution in [3.05, 3.63) is 114 Å². The fourth-order valence-electron chi connectivity index (χ4n) is 5.09. The molecule has 1 aliphatic heterocycles. The number of rotatable bonds is 8. The smallest absolute Gasteiger partial charge is 0.336 e. The maximum atomic E-state index is 13.7. The lowest BCUT2D eigenvalue weighted by Gasteiger charge is -2.30. The van der Waals surface area contributed by atoms with E-state index >= 15 is 0 Å². The number of carbonyl (C=O) groups excluding carboxylic acids is 2. The van der Waals surface area contributed by atoms with Crippen LogP contribution in [0.25, 0.3) is 5.70 Å². The average molecular weight is 605 g/mol. The number of nitrogens with zero attached hydrogens (tertiary/aromatic N) is 1. The predicted octanol–water partition coefficient (Wildman–Crippen LogP) is 6.08. The monoisotopic (exact) mass is 604 g/mol. The molecule has 0 bridgehead atoms. The molecule has 1 N–H and O–H groups in total. The summed E-state index contributed by atoms with van der Waals surface area (Å²) in [5.41, 5.74) is 4.54. The Labute approximate surface area is 238 Å². The molecule has 0 saturated carbocycles. The van der Waals surface area contributed by atoms with Crippen molar-refractivity contribution in [3.8, 4) is 11.5 Å². The molecule has 0 fully saturated rings. The predicted molar refractivity (Wildman–Crippen MR) is 151 cm³/mol. The summed E-state index contributed by atoms with van der Waals surface area (Å²) in [4.78, 5) is 37.5. The van der Waals surface area contributed by atoms with E-state index in [9.17, 15) is 19.7 Å². The lowest BCUT2D eigenvalue weighted by Crippen LogP contribution is -2.29. The molecule has 0 unspecified atom stereocenters. The number of nitro groups is 1. The maximum absolute atomic E-state index is 13.7. The minimum atomic E-state index is -0.747. The molecule has 5 rings (SSSR count). The average Bonchev–Trinajstić information content (AvgIpc) is 3.23. The molecule has 1 heterocycles. The highest BCUT2D eigenvalue weighted by molar-refractivity contribution is 9.10. The van der Waals surface area contributed by atoms with Crippen molar-refractivity contribution in [1.29, 1.82) is 0 Å². The van der Waals surface area contributed by atoms with Crippen LogP contribution in [0.15, 0.2) is 82.0 Å². The first-order chi connectivity index (χ1) is 19.2. The van der Waals surface area contributed by atoms with Gasteiger partial charge in [-0.25, -0.2) is 4.79 Å². The number of nitrogens with one attached hydrogen (secondary N) is 1. The van der Waals surface area contributed by atoms with Gasteiger partial charge >= 0.3 is 5.97 Å². The molecule has 3 aromatic carbocycles. The molecule has 2 aliphatic rings. The third-order valence-corrected chi connectivity index (χ3v) is 7.53. The van der Waals surface area contributed by atoms with Gasteiger partial charge in [0.2, 0.25) is 0 Å². The van der Waals surface area contributed by atoms with Crippen molar-refractivity contribution >= 4 is 39.1 Å². The first kappa shape index (κ1) is 27.1. The van der Waals surface area contributed by atoms with Crippen LogP contribution in [0.1, 0.15) is 46.8 Å². The molecule has 0 radical (unpaired) electrons. The Morgan fingerprint density at radius 2 is 1.77 bits per heavy atom. The van der Waals surface area contributed by atoms with Crippen molar-refractivity contribution in [2.45, 2.75) is 26.4 Å². The van der Waals surface area contributed by atoms with Crippen molar-refractivity contribution in [3.63, 3.8) is 0 Å². The number of hydrogen-bond acceptors (Lipinski definition) is 8. The minimum Gasteiger partial charge on any atom is -0.490 e. The topological polar surface area (TPSA) is 117 Å². The number of allylic oxidation sites excluding steroid dienone is 2. The van der Waals surface area contributed by atoms with E-state index in [-0.39, 0.29) is 18.1 Å². The summed E-state index contributed by atoms with van der Waals surface area (Å²) in [6, 6.07) is 17.0. The number of non-ortho nitro benzene ring substituents is 1. The van der Waals surface area contributed by atoms with Gasteiger partial charge < -0.3 is 19.5 Å². The van der Waals surface area contributed by atoms with Crippen LogP contribution in [-0.4, -0.2) is 30.4 Å². The van der Waals surface area contributed by atoms with E-state index in [4.69, 9.17) is 14.2 Å². The number of halogens is 1. The minimum absolute atomic E-state index is 0.0302. The Bertz CT molecular complexity index is 1630. The van der Waals surface area contributed by atoms with Crippen LogP contribution < -0.4 is 14.8 Å². The highest BCUT2D eigenvalue weighted by Crippen LogP contribution is 2.50. The van der Waals surface area contributed by atoms with Crippen LogP contribution in [-0.2, 0) is 16.1 Å². The number of ketones is 1. The molecule has 204 valence electrons. The molecule has 1 aliphatic carbocycles. The summed E-state index contributed by atoms with van der Waals surface area (Å²) in [5.74, 6) is -0.679. The lowest BCUT2D eigenvalue weighted by atomic mass is 9.79. The van der Waals surface area contributed by atoms with Gasteiger partial charge in [0.15, 0.2) is 17.3 Å². The van der Waals surface area contributed by atoms with Gasteiger partial charge in [0, 0.05) is 39.0 Å². The van der Waals surface area contributed by atoms with Gasteiger partial charge in [0.1, 0.15) is 6.61 Å². The number of dihydropyridines is 1. The second-order valence-electron chi connectivity index (χ2n) is 9.22. The van der Waals surface area contributed by atoms with Gasteiger partial charge in [0.05, 0.1) is 35.8 Å². The molecule has 3 aromatic rings. The molecule has 0 saturated heterocycles. The number of methoxy groups -OCH3 is 1. The van der Waals surface area contributed by atoms with Crippen LogP contribution >= 0.6 is 15.9 Å². The summed E-state index contributed by atoms with van der Waals surface area (Å²) >= 11 is 3.64. The Kier molecular flexibility index (Phi) is 7.44.